The van der Waals surface area contributed by atoms with E-state index in [1.54, 1.807) is 0 Å². The maximum Gasteiger partial charge on any atom is 0.406 e. The van der Waals surface area contributed by atoms with E-state index < -0.39 is 12.1 Å². The summed E-state index contributed by atoms with van der Waals surface area (Å²) in [6.07, 6.45) is 0.920. The Balaban J connectivity index is 2.11. The summed E-state index contributed by atoms with van der Waals surface area (Å²) in [6.45, 7) is 1.46. The van der Waals surface area contributed by atoms with Crippen LogP contribution in [0.25, 0.3) is 0 Å². The first-order valence-electron chi connectivity index (χ1n) is 6.17. The van der Waals surface area contributed by atoms with Gasteiger partial charge in [-0.25, -0.2) is 4.79 Å². The first-order chi connectivity index (χ1) is 9.81. The minimum atomic E-state index is -0.960. The first kappa shape index (κ1) is 16.1. The normalized spacial score (nSPS) is 15.4. The fraction of sp³-hybridized carbons (Fsp3) is 0.417. The van der Waals surface area contributed by atoms with Gasteiger partial charge in [-0.2, -0.15) is 4.98 Å². The Labute approximate surface area is 135 Å². The van der Waals surface area contributed by atoms with Gasteiger partial charge in [-0.1, -0.05) is 23.2 Å². The number of carbonyl (C=O) groups excluding carboxylic acids is 2. The number of anilines is 1. The van der Waals surface area contributed by atoms with Crippen molar-refractivity contribution in [1.29, 1.82) is 0 Å². The van der Waals surface area contributed by atoms with Crippen LogP contribution in [-0.4, -0.2) is 24.0 Å². The van der Waals surface area contributed by atoms with E-state index in [4.69, 9.17) is 45.3 Å². The van der Waals surface area contributed by atoms with Crippen molar-refractivity contribution in [3.63, 3.8) is 0 Å². The SMILES string of the molecule is C[C@@H](OC(=O)c1[nH+]c(Cl)c(Cl)c(N)c1Cl)C(=O)NC1CC1. The highest BCUT2D eigenvalue weighted by molar-refractivity contribution is 6.45. The number of carbonyl (C=O) groups is 2. The molecule has 9 heteroatoms. The van der Waals surface area contributed by atoms with Crippen LogP contribution in [0.3, 0.4) is 0 Å². The van der Waals surface area contributed by atoms with E-state index >= 15 is 0 Å². The molecule has 2 rings (SSSR count). The summed E-state index contributed by atoms with van der Waals surface area (Å²) in [7, 11) is 0. The standard InChI is InChI=1S/C12H12Cl3N3O3/c1-4(11(19)17-5-2-3-5)21-12(20)9-6(13)8(16)7(14)10(15)18-9/h4-5H,2-3H2,1H3,(H2,16,18)(H,17,19)/p+1/t4-/m1/s1. The molecule has 0 saturated heterocycles. The van der Waals surface area contributed by atoms with Gasteiger partial charge in [0.05, 0.1) is 5.69 Å². The minimum absolute atomic E-state index is 0.0118. The highest BCUT2D eigenvalue weighted by Crippen LogP contribution is 2.32. The molecule has 1 atom stereocenters. The number of aromatic nitrogens is 1. The van der Waals surface area contributed by atoms with Gasteiger partial charge in [0, 0.05) is 6.04 Å². The van der Waals surface area contributed by atoms with E-state index in [0.29, 0.717) is 0 Å². The largest absolute Gasteiger partial charge is 0.445 e. The van der Waals surface area contributed by atoms with Gasteiger partial charge in [-0.05, 0) is 31.4 Å². The van der Waals surface area contributed by atoms with Gasteiger partial charge in [0.2, 0.25) is 0 Å². The van der Waals surface area contributed by atoms with Gasteiger partial charge in [0.25, 0.3) is 11.1 Å². The summed E-state index contributed by atoms with van der Waals surface area (Å²) in [5.74, 6) is -1.21. The quantitative estimate of drug-likeness (QED) is 0.638. The van der Waals surface area contributed by atoms with Crippen LogP contribution in [0.4, 0.5) is 5.69 Å². The number of esters is 1. The number of amides is 1. The number of H-pyrrole nitrogens is 1. The number of ether oxygens (including phenoxy) is 1. The number of pyridine rings is 1. The molecular weight excluding hydrogens is 341 g/mol. The molecule has 1 aromatic heterocycles. The Morgan fingerprint density at radius 2 is 1.95 bits per heavy atom. The Hall–Kier alpha value is -1.24. The summed E-state index contributed by atoms with van der Waals surface area (Å²) in [6, 6.07) is 0.175. The molecule has 0 bridgehead atoms. The van der Waals surface area contributed by atoms with Gasteiger partial charge in [-0.3, -0.25) is 4.79 Å². The monoisotopic (exact) mass is 352 g/mol. The number of halogens is 3. The molecule has 114 valence electrons. The van der Waals surface area contributed by atoms with Crippen molar-refractivity contribution in [1.82, 2.24) is 5.32 Å². The van der Waals surface area contributed by atoms with Crippen molar-refractivity contribution < 1.29 is 19.3 Å². The number of hydrogen-bond donors (Lipinski definition) is 2. The molecule has 0 unspecified atom stereocenters. The number of nitrogen functional groups attached to an aromatic ring is 1. The van der Waals surface area contributed by atoms with Gasteiger partial charge in [-0.15, -0.1) is 0 Å². The molecule has 0 aromatic carbocycles. The molecule has 6 nitrogen and oxygen atoms in total. The highest BCUT2D eigenvalue weighted by Gasteiger charge is 2.31. The molecule has 1 saturated carbocycles. The van der Waals surface area contributed by atoms with E-state index in [2.05, 4.69) is 10.3 Å². The number of rotatable bonds is 4. The third-order valence-corrected chi connectivity index (χ3v) is 4.07. The van der Waals surface area contributed by atoms with Gasteiger partial charge >= 0.3 is 11.7 Å². The van der Waals surface area contributed by atoms with Crippen LogP contribution in [-0.2, 0) is 9.53 Å². The average molecular weight is 354 g/mol. The molecule has 1 heterocycles. The lowest BCUT2D eigenvalue weighted by molar-refractivity contribution is -0.380. The van der Waals surface area contributed by atoms with Gasteiger partial charge in [0.15, 0.2) is 6.10 Å². The van der Waals surface area contributed by atoms with Crippen molar-refractivity contribution in [3.05, 3.63) is 20.9 Å². The lowest BCUT2D eigenvalue weighted by Crippen LogP contribution is -2.38. The van der Waals surface area contributed by atoms with Crippen LogP contribution in [0.5, 0.6) is 0 Å². The van der Waals surface area contributed by atoms with Crippen LogP contribution in [0, 0.1) is 0 Å². The van der Waals surface area contributed by atoms with E-state index in [9.17, 15) is 9.59 Å². The van der Waals surface area contributed by atoms with Crippen molar-refractivity contribution in [2.45, 2.75) is 31.9 Å². The van der Waals surface area contributed by atoms with Crippen molar-refractivity contribution in [3.8, 4) is 0 Å². The second kappa shape index (κ2) is 6.25. The van der Waals surface area contributed by atoms with Crippen molar-refractivity contribution in [2.75, 3.05) is 5.73 Å². The van der Waals surface area contributed by atoms with Crippen LogP contribution >= 0.6 is 34.8 Å². The second-order valence-electron chi connectivity index (χ2n) is 4.69. The predicted octanol–water partition coefficient (Wildman–Crippen LogP) is 1.87. The lowest BCUT2D eigenvalue weighted by Gasteiger charge is -2.12. The summed E-state index contributed by atoms with van der Waals surface area (Å²) in [5.41, 5.74) is 5.44. The van der Waals surface area contributed by atoms with Crippen LogP contribution in [0.1, 0.15) is 30.3 Å². The van der Waals surface area contributed by atoms with E-state index in [0.717, 1.165) is 12.8 Å². The zero-order valence-corrected chi connectivity index (χ0v) is 13.3. The maximum absolute atomic E-state index is 12.0. The number of aromatic amines is 1. The fourth-order valence-corrected chi connectivity index (χ4v) is 2.13. The molecule has 0 aliphatic heterocycles. The molecule has 4 N–H and O–H groups in total. The average Bonchev–Trinajstić information content (AvgIpc) is 3.24. The number of nitrogens with one attached hydrogen (secondary N) is 2. The third-order valence-electron chi connectivity index (χ3n) is 2.90. The molecular formula is C12H13Cl3N3O3+. The smallest absolute Gasteiger partial charge is 0.406 e. The van der Waals surface area contributed by atoms with Crippen LogP contribution < -0.4 is 16.0 Å². The van der Waals surface area contributed by atoms with Crippen LogP contribution in [0.15, 0.2) is 0 Å². The van der Waals surface area contributed by atoms with Crippen molar-refractivity contribution >= 4 is 52.4 Å². The highest BCUT2D eigenvalue weighted by atomic mass is 35.5. The summed E-state index contributed by atoms with van der Waals surface area (Å²) >= 11 is 17.5. The molecule has 1 aromatic rings. The lowest BCUT2D eigenvalue weighted by atomic mass is 10.3. The Morgan fingerprint density at radius 3 is 2.52 bits per heavy atom. The van der Waals surface area contributed by atoms with Crippen LogP contribution in [0.2, 0.25) is 15.2 Å². The zero-order valence-electron chi connectivity index (χ0n) is 11.0. The fourth-order valence-electron chi connectivity index (χ4n) is 1.53. The summed E-state index contributed by atoms with van der Waals surface area (Å²) in [5, 5.41) is 2.59. The summed E-state index contributed by atoms with van der Waals surface area (Å²) in [4.78, 5) is 26.2. The Morgan fingerprint density at radius 1 is 1.33 bits per heavy atom. The van der Waals surface area contributed by atoms with Crippen molar-refractivity contribution in [2.24, 2.45) is 0 Å². The second-order valence-corrected chi connectivity index (χ2v) is 5.82. The topological polar surface area (TPSA) is 95.6 Å². The molecule has 1 amide bonds. The summed E-state index contributed by atoms with van der Waals surface area (Å²) < 4.78 is 5.03. The Bertz CT molecular complexity index is 605. The Kier molecular flexibility index (Phi) is 4.81. The third kappa shape index (κ3) is 3.70. The molecule has 1 fully saturated rings. The predicted molar refractivity (Wildman–Crippen MR) is 78.5 cm³/mol. The molecule has 21 heavy (non-hydrogen) atoms. The number of nitrogens with two attached hydrogens (primary N) is 1. The zero-order chi connectivity index (χ0) is 15.7. The van der Waals surface area contributed by atoms with Gasteiger partial charge in [0.1, 0.15) is 10.0 Å². The molecule has 0 spiro atoms. The van der Waals surface area contributed by atoms with E-state index in [-0.39, 0.29) is 38.5 Å². The number of hydrogen-bond acceptors (Lipinski definition) is 4. The maximum atomic E-state index is 12.0. The van der Waals surface area contributed by atoms with Gasteiger partial charge < -0.3 is 15.8 Å². The first-order valence-corrected chi connectivity index (χ1v) is 7.31. The van der Waals surface area contributed by atoms with E-state index in [1.807, 2.05) is 0 Å². The molecule has 1 aliphatic rings. The molecule has 0 radical (unpaired) electrons. The minimum Gasteiger partial charge on any atom is -0.445 e. The molecule has 1 aliphatic carbocycles. The van der Waals surface area contributed by atoms with E-state index in [1.165, 1.54) is 6.92 Å².